The molecule has 0 bridgehead atoms. The summed E-state index contributed by atoms with van der Waals surface area (Å²) in [5, 5.41) is 28.5. The molecule has 1 heterocycles. The highest BCUT2D eigenvalue weighted by Crippen LogP contribution is 2.35. The third kappa shape index (κ3) is 2.38. The zero-order valence-corrected chi connectivity index (χ0v) is 11.0. The minimum absolute atomic E-state index is 0.00212. The number of likely N-dealkylation sites (tertiary alicyclic amines) is 1. The first-order valence-electron chi connectivity index (χ1n) is 6.49. The van der Waals surface area contributed by atoms with Crippen molar-refractivity contribution in [3.63, 3.8) is 0 Å². The van der Waals surface area contributed by atoms with Gasteiger partial charge in [-0.15, -0.1) is 0 Å². The first-order valence-corrected chi connectivity index (χ1v) is 6.49. The summed E-state index contributed by atoms with van der Waals surface area (Å²) in [7, 11) is 0. The maximum Gasteiger partial charge on any atom is 0.324 e. The number of carbonyl (C=O) groups is 1. The van der Waals surface area contributed by atoms with Gasteiger partial charge in [-0.05, 0) is 31.9 Å². The zero-order chi connectivity index (χ0) is 14.0. The van der Waals surface area contributed by atoms with Crippen molar-refractivity contribution >= 4 is 5.97 Å². The fourth-order valence-corrected chi connectivity index (χ4v) is 2.85. The number of benzene rings is 1. The normalized spacial score (nSPS) is 23.6. The largest absolute Gasteiger partial charge is 0.508 e. The first kappa shape index (κ1) is 13.7. The number of phenols is 2. The number of rotatable bonds is 4. The van der Waals surface area contributed by atoms with E-state index in [2.05, 4.69) is 0 Å². The van der Waals surface area contributed by atoms with E-state index in [-0.39, 0.29) is 11.5 Å². The number of nitrogens with zero attached hydrogens (tertiary/aromatic N) is 1. The summed E-state index contributed by atoms with van der Waals surface area (Å²) in [6.07, 6.45) is 2.03. The topological polar surface area (TPSA) is 81.0 Å². The van der Waals surface area contributed by atoms with Gasteiger partial charge in [-0.25, -0.2) is 0 Å². The number of aromatic hydroxyl groups is 2. The van der Waals surface area contributed by atoms with Crippen molar-refractivity contribution in [3.05, 3.63) is 23.8 Å². The van der Waals surface area contributed by atoms with Gasteiger partial charge in [0, 0.05) is 18.2 Å². The molecule has 3 N–H and O–H groups in total. The summed E-state index contributed by atoms with van der Waals surface area (Å²) in [5.41, 5.74) is -0.191. The minimum Gasteiger partial charge on any atom is -0.508 e. The molecule has 0 radical (unpaired) electrons. The first-order chi connectivity index (χ1) is 8.99. The van der Waals surface area contributed by atoms with Crippen molar-refractivity contribution in [2.75, 3.05) is 6.54 Å². The van der Waals surface area contributed by atoms with E-state index in [1.54, 1.807) is 6.07 Å². The molecule has 0 saturated carbocycles. The van der Waals surface area contributed by atoms with Crippen LogP contribution >= 0.6 is 0 Å². The molecule has 1 aliphatic heterocycles. The van der Waals surface area contributed by atoms with Gasteiger partial charge in [-0.1, -0.05) is 13.0 Å². The molecule has 0 aromatic heterocycles. The SMILES string of the molecule is CCC1(C(=O)O)CCCN1Cc1ccc(O)cc1O. The van der Waals surface area contributed by atoms with E-state index >= 15 is 0 Å². The number of hydrogen-bond donors (Lipinski definition) is 3. The van der Waals surface area contributed by atoms with E-state index in [4.69, 9.17) is 0 Å². The van der Waals surface area contributed by atoms with Crippen LogP contribution < -0.4 is 0 Å². The molecule has 5 nitrogen and oxygen atoms in total. The molecule has 2 rings (SSSR count). The van der Waals surface area contributed by atoms with Gasteiger partial charge in [-0.3, -0.25) is 9.69 Å². The van der Waals surface area contributed by atoms with Gasteiger partial charge in [0.2, 0.25) is 0 Å². The van der Waals surface area contributed by atoms with Gasteiger partial charge in [-0.2, -0.15) is 0 Å². The smallest absolute Gasteiger partial charge is 0.324 e. The maximum atomic E-state index is 11.6. The zero-order valence-electron chi connectivity index (χ0n) is 11.0. The molecule has 1 unspecified atom stereocenters. The Balaban J connectivity index is 2.24. The van der Waals surface area contributed by atoms with Crippen LogP contribution in [0.25, 0.3) is 0 Å². The third-order valence-electron chi connectivity index (χ3n) is 4.04. The Labute approximate surface area is 112 Å². The number of hydrogen-bond acceptors (Lipinski definition) is 4. The number of carboxylic acid groups (broad SMARTS) is 1. The van der Waals surface area contributed by atoms with Crippen molar-refractivity contribution in [2.45, 2.75) is 38.3 Å². The quantitative estimate of drug-likeness (QED) is 0.775. The molecule has 104 valence electrons. The van der Waals surface area contributed by atoms with Crippen LogP contribution in [0, 0.1) is 0 Å². The molecule has 1 aromatic carbocycles. The van der Waals surface area contributed by atoms with E-state index in [9.17, 15) is 20.1 Å². The average molecular weight is 265 g/mol. The maximum absolute atomic E-state index is 11.6. The van der Waals surface area contributed by atoms with Crippen molar-refractivity contribution in [2.24, 2.45) is 0 Å². The average Bonchev–Trinajstić information content (AvgIpc) is 2.76. The summed E-state index contributed by atoms with van der Waals surface area (Å²) in [6, 6.07) is 4.41. The monoisotopic (exact) mass is 265 g/mol. The molecular formula is C14H19NO4. The summed E-state index contributed by atoms with van der Waals surface area (Å²) >= 11 is 0. The van der Waals surface area contributed by atoms with Crippen LogP contribution in [-0.4, -0.2) is 38.3 Å². The Hall–Kier alpha value is -1.75. The number of phenolic OH excluding ortho intramolecular Hbond substituents is 2. The molecule has 19 heavy (non-hydrogen) atoms. The Morgan fingerprint density at radius 3 is 2.74 bits per heavy atom. The molecule has 0 spiro atoms. The van der Waals surface area contributed by atoms with Crippen LogP contribution in [-0.2, 0) is 11.3 Å². The Morgan fingerprint density at radius 2 is 2.16 bits per heavy atom. The van der Waals surface area contributed by atoms with Crippen molar-refractivity contribution in [1.82, 2.24) is 4.90 Å². The van der Waals surface area contributed by atoms with Crippen molar-refractivity contribution < 1.29 is 20.1 Å². The Morgan fingerprint density at radius 1 is 1.42 bits per heavy atom. The molecule has 1 aliphatic rings. The molecule has 5 heteroatoms. The molecule has 0 amide bonds. The second kappa shape index (κ2) is 5.09. The predicted octanol–water partition coefficient (Wildman–Crippen LogP) is 1.93. The summed E-state index contributed by atoms with van der Waals surface area (Å²) in [6.45, 7) is 2.97. The van der Waals surface area contributed by atoms with Crippen LogP contribution in [0.5, 0.6) is 11.5 Å². The van der Waals surface area contributed by atoms with Crippen molar-refractivity contribution in [1.29, 1.82) is 0 Å². The summed E-state index contributed by atoms with van der Waals surface area (Å²) in [4.78, 5) is 13.5. The lowest BCUT2D eigenvalue weighted by Crippen LogP contribution is -2.49. The molecular weight excluding hydrogens is 246 g/mol. The molecule has 0 aliphatic carbocycles. The second-order valence-corrected chi connectivity index (χ2v) is 5.03. The van der Waals surface area contributed by atoms with Gasteiger partial charge in [0.05, 0.1) is 0 Å². The lowest BCUT2D eigenvalue weighted by Gasteiger charge is -2.34. The lowest BCUT2D eigenvalue weighted by molar-refractivity contribution is -0.150. The van der Waals surface area contributed by atoms with Gasteiger partial charge >= 0.3 is 5.97 Å². The fraction of sp³-hybridized carbons (Fsp3) is 0.500. The summed E-state index contributed by atoms with van der Waals surface area (Å²) in [5.74, 6) is -0.796. The van der Waals surface area contributed by atoms with Gasteiger partial charge in [0.15, 0.2) is 0 Å². The van der Waals surface area contributed by atoms with Crippen LogP contribution in [0.1, 0.15) is 31.7 Å². The Bertz CT molecular complexity index is 488. The lowest BCUT2D eigenvalue weighted by atomic mass is 9.92. The summed E-state index contributed by atoms with van der Waals surface area (Å²) < 4.78 is 0. The van der Waals surface area contributed by atoms with Crippen LogP contribution in [0.2, 0.25) is 0 Å². The van der Waals surface area contributed by atoms with Crippen LogP contribution in [0.3, 0.4) is 0 Å². The van der Waals surface area contributed by atoms with Gasteiger partial charge < -0.3 is 15.3 Å². The van der Waals surface area contributed by atoms with E-state index in [1.165, 1.54) is 12.1 Å². The minimum atomic E-state index is -0.829. The van der Waals surface area contributed by atoms with Crippen molar-refractivity contribution in [3.8, 4) is 11.5 Å². The number of aliphatic carboxylic acids is 1. The van der Waals surface area contributed by atoms with E-state index in [1.807, 2.05) is 11.8 Å². The molecule has 1 fully saturated rings. The Kier molecular flexibility index (Phi) is 3.66. The number of carboxylic acids is 1. The van der Waals surface area contributed by atoms with Crippen LogP contribution in [0.4, 0.5) is 0 Å². The highest BCUT2D eigenvalue weighted by Gasteiger charge is 2.46. The highest BCUT2D eigenvalue weighted by atomic mass is 16.4. The van der Waals surface area contributed by atoms with E-state index in [0.29, 0.717) is 31.5 Å². The predicted molar refractivity (Wildman–Crippen MR) is 70.1 cm³/mol. The highest BCUT2D eigenvalue weighted by molar-refractivity contribution is 5.79. The van der Waals surface area contributed by atoms with E-state index < -0.39 is 11.5 Å². The van der Waals surface area contributed by atoms with Gasteiger partial charge in [0.1, 0.15) is 17.0 Å². The third-order valence-corrected chi connectivity index (χ3v) is 4.04. The van der Waals surface area contributed by atoms with Crippen LogP contribution in [0.15, 0.2) is 18.2 Å². The molecule has 1 aromatic rings. The standard InChI is InChI=1S/C14H19NO4/c1-2-14(13(18)19)6-3-7-15(14)9-10-4-5-11(16)8-12(10)17/h4-5,8,16-17H,2-3,6-7,9H2,1H3,(H,18,19). The fourth-order valence-electron chi connectivity index (χ4n) is 2.85. The van der Waals surface area contributed by atoms with Gasteiger partial charge in [0.25, 0.3) is 0 Å². The molecule has 1 saturated heterocycles. The molecule has 1 atom stereocenters. The van der Waals surface area contributed by atoms with E-state index in [0.717, 1.165) is 6.42 Å². The second-order valence-electron chi connectivity index (χ2n) is 5.03.